The van der Waals surface area contributed by atoms with E-state index in [0.29, 0.717) is 29.2 Å². The number of ether oxygens (including phenoxy) is 1. The molecule has 0 bridgehead atoms. The highest BCUT2D eigenvalue weighted by Crippen LogP contribution is 2.65. The van der Waals surface area contributed by atoms with Crippen LogP contribution in [-0.2, 0) is 18.3 Å². The Morgan fingerprint density at radius 2 is 1.51 bits per heavy atom. The van der Waals surface area contributed by atoms with Gasteiger partial charge in [0.05, 0.1) is 18.5 Å². The third-order valence-electron chi connectivity index (χ3n) is 8.97. The molecule has 2 aromatic rings. The number of nitrogens with zero attached hydrogens (tertiary/aromatic N) is 1. The van der Waals surface area contributed by atoms with Gasteiger partial charge in [-0.1, -0.05) is 47.6 Å². The van der Waals surface area contributed by atoms with Crippen molar-refractivity contribution in [3.05, 3.63) is 54.2 Å². The van der Waals surface area contributed by atoms with Gasteiger partial charge in [0.25, 0.3) is 0 Å². The average Bonchev–Trinajstić information content (AvgIpc) is 3.45. The highest BCUT2D eigenvalue weighted by molar-refractivity contribution is 7.54. The standard InChI is InChI=1S/C31H46NO6P/c1-20(2)24-13-11-22(5)28(17-24)37-39(34,38-29-18-25(21(3)4)14-12-23(29)6)31(26-9-7-15-32-19-26)36-30(33)27-10-8-16-35-27/h7-10,15-16,19-25,28-29,31H,11-14,17-18H2,1-6H3/t22-,23-,24+,25+,28+,29+,31-/m0/s1. The maximum absolute atomic E-state index is 15.2. The maximum atomic E-state index is 15.2. The zero-order valence-electron chi connectivity index (χ0n) is 24.3. The van der Waals surface area contributed by atoms with Gasteiger partial charge in [0, 0.05) is 18.0 Å². The van der Waals surface area contributed by atoms with E-state index < -0.39 is 19.4 Å². The summed E-state index contributed by atoms with van der Waals surface area (Å²) in [4.78, 5) is 17.4. The summed E-state index contributed by atoms with van der Waals surface area (Å²) in [6, 6.07) is 6.65. The van der Waals surface area contributed by atoms with Gasteiger partial charge >= 0.3 is 13.6 Å². The SMILES string of the molecule is CC(C)[C@@H]1CC[C@H](C)[C@H](OP(=O)(O[C@@H]2C[C@H](C(C)C)CC[C@@H]2C)[C@H](OC(=O)c2ccco2)c2cccnc2)C1. The van der Waals surface area contributed by atoms with E-state index >= 15 is 4.57 Å². The van der Waals surface area contributed by atoms with E-state index in [0.717, 1.165) is 38.5 Å². The molecule has 2 saturated carbocycles. The van der Waals surface area contributed by atoms with Crippen molar-refractivity contribution in [1.82, 2.24) is 4.98 Å². The minimum absolute atomic E-state index is 0.0345. The highest BCUT2D eigenvalue weighted by atomic mass is 31.2. The van der Waals surface area contributed by atoms with Gasteiger partial charge in [-0.2, -0.15) is 0 Å². The third kappa shape index (κ3) is 7.42. The molecule has 2 heterocycles. The summed E-state index contributed by atoms with van der Waals surface area (Å²) < 4.78 is 39.8. The van der Waals surface area contributed by atoms with Gasteiger partial charge in [-0.05, 0) is 92.2 Å². The number of pyridine rings is 1. The fraction of sp³-hybridized carbons (Fsp3) is 0.677. The molecule has 0 aliphatic heterocycles. The second-order valence-corrected chi connectivity index (χ2v) is 14.4. The minimum atomic E-state index is -4.06. The first kappa shape index (κ1) is 30.0. The highest BCUT2D eigenvalue weighted by Gasteiger charge is 2.48. The van der Waals surface area contributed by atoms with Crippen molar-refractivity contribution < 1.29 is 27.6 Å². The Hall–Kier alpha value is -1.95. The quantitative estimate of drug-likeness (QED) is 0.212. The molecule has 4 rings (SSSR count). The summed E-state index contributed by atoms with van der Waals surface area (Å²) in [5.41, 5.74) is 0.480. The Bertz CT molecular complexity index is 1050. The first-order valence-electron chi connectivity index (χ1n) is 14.7. The number of carbonyl (C=O) groups excluding carboxylic acids is 1. The molecule has 7 nitrogen and oxygen atoms in total. The van der Waals surface area contributed by atoms with Crippen LogP contribution < -0.4 is 0 Å². The summed E-state index contributed by atoms with van der Waals surface area (Å²) >= 11 is 0. The average molecular weight is 560 g/mol. The number of aromatic nitrogens is 1. The lowest BCUT2D eigenvalue weighted by molar-refractivity contribution is -0.0117. The van der Waals surface area contributed by atoms with Crippen molar-refractivity contribution in [2.75, 3.05) is 0 Å². The van der Waals surface area contributed by atoms with Crippen molar-refractivity contribution in [3.63, 3.8) is 0 Å². The van der Waals surface area contributed by atoms with Crippen LogP contribution in [0.5, 0.6) is 0 Å². The first-order chi connectivity index (χ1) is 18.6. The smallest absolute Gasteiger partial charge is 0.376 e. The number of furan rings is 1. The second-order valence-electron chi connectivity index (χ2n) is 12.4. The molecule has 0 amide bonds. The predicted molar refractivity (Wildman–Crippen MR) is 151 cm³/mol. The normalized spacial score (nSPS) is 28.9. The molecule has 0 aromatic carbocycles. The summed E-state index contributed by atoms with van der Waals surface area (Å²) in [5.74, 6) is 0.421. The van der Waals surface area contributed by atoms with Crippen LogP contribution in [-0.4, -0.2) is 23.2 Å². The summed E-state index contributed by atoms with van der Waals surface area (Å²) in [6.45, 7) is 13.2. The molecule has 0 spiro atoms. The molecule has 2 aliphatic carbocycles. The molecule has 39 heavy (non-hydrogen) atoms. The number of rotatable bonds is 10. The predicted octanol–water partition coefficient (Wildman–Crippen LogP) is 8.68. The van der Waals surface area contributed by atoms with E-state index in [2.05, 4.69) is 46.5 Å². The van der Waals surface area contributed by atoms with Gasteiger partial charge in [0.1, 0.15) is 0 Å². The monoisotopic (exact) mass is 559 g/mol. The van der Waals surface area contributed by atoms with Crippen LogP contribution >= 0.6 is 7.60 Å². The van der Waals surface area contributed by atoms with Crippen LogP contribution in [0.2, 0.25) is 0 Å². The van der Waals surface area contributed by atoms with Crippen molar-refractivity contribution in [2.45, 2.75) is 98.1 Å². The summed E-state index contributed by atoms with van der Waals surface area (Å²) in [5, 5.41) is 0. The van der Waals surface area contributed by atoms with Gasteiger partial charge in [-0.15, -0.1) is 0 Å². The molecule has 0 N–H and O–H groups in total. The molecule has 0 unspecified atom stereocenters. The zero-order chi connectivity index (χ0) is 28.2. The van der Waals surface area contributed by atoms with Gasteiger partial charge in [0.2, 0.25) is 11.6 Å². The lowest BCUT2D eigenvalue weighted by atomic mass is 9.76. The molecular weight excluding hydrogens is 513 g/mol. The molecule has 0 saturated heterocycles. The van der Waals surface area contributed by atoms with Crippen LogP contribution in [0.15, 0.2) is 47.3 Å². The van der Waals surface area contributed by atoms with Gasteiger partial charge in [-0.25, -0.2) is 4.79 Å². The third-order valence-corrected chi connectivity index (χ3v) is 11.1. The second kappa shape index (κ2) is 13.1. The van der Waals surface area contributed by atoms with Gasteiger partial charge < -0.3 is 18.2 Å². The van der Waals surface area contributed by atoms with Crippen molar-refractivity contribution in [2.24, 2.45) is 35.5 Å². The number of hydrogen-bond acceptors (Lipinski definition) is 7. The number of esters is 1. The molecule has 0 radical (unpaired) electrons. The molecular formula is C31H46NO6P. The van der Waals surface area contributed by atoms with E-state index in [-0.39, 0.29) is 29.8 Å². The maximum Gasteiger partial charge on any atom is 0.376 e. The van der Waals surface area contributed by atoms with Crippen LogP contribution in [0.1, 0.15) is 102 Å². The molecule has 8 heteroatoms. The van der Waals surface area contributed by atoms with Crippen molar-refractivity contribution in [1.29, 1.82) is 0 Å². The Balaban J connectivity index is 1.72. The van der Waals surface area contributed by atoms with Crippen molar-refractivity contribution in [3.8, 4) is 0 Å². The Morgan fingerprint density at radius 3 is 1.97 bits per heavy atom. The lowest BCUT2D eigenvalue weighted by Crippen LogP contribution is -2.35. The minimum Gasteiger partial charge on any atom is -0.457 e. The number of carbonyl (C=O) groups is 1. The van der Waals surface area contributed by atoms with E-state index in [1.54, 1.807) is 30.6 Å². The van der Waals surface area contributed by atoms with E-state index in [4.69, 9.17) is 18.2 Å². The molecule has 2 fully saturated rings. The van der Waals surface area contributed by atoms with Crippen LogP contribution in [0.4, 0.5) is 0 Å². The van der Waals surface area contributed by atoms with E-state index in [1.165, 1.54) is 12.3 Å². The van der Waals surface area contributed by atoms with E-state index in [1.807, 2.05) is 0 Å². The topological polar surface area (TPSA) is 87.9 Å². The Labute approximate surface area is 233 Å². The van der Waals surface area contributed by atoms with Crippen LogP contribution in [0.25, 0.3) is 0 Å². The molecule has 2 aromatic heterocycles. The fourth-order valence-corrected chi connectivity index (χ4v) is 8.39. The molecule has 216 valence electrons. The largest absolute Gasteiger partial charge is 0.457 e. The zero-order valence-corrected chi connectivity index (χ0v) is 25.2. The van der Waals surface area contributed by atoms with Gasteiger partial charge in [-0.3, -0.25) is 9.55 Å². The van der Waals surface area contributed by atoms with Crippen LogP contribution in [0.3, 0.4) is 0 Å². The number of hydrogen-bond donors (Lipinski definition) is 0. The first-order valence-corrected chi connectivity index (χ1v) is 16.3. The lowest BCUT2D eigenvalue weighted by Gasteiger charge is -2.42. The Morgan fingerprint density at radius 1 is 0.923 bits per heavy atom. The summed E-state index contributed by atoms with van der Waals surface area (Å²) in [7, 11) is -4.06. The van der Waals surface area contributed by atoms with Gasteiger partial charge in [0.15, 0.2) is 0 Å². The van der Waals surface area contributed by atoms with E-state index in [9.17, 15) is 4.79 Å². The summed E-state index contributed by atoms with van der Waals surface area (Å²) in [6.07, 6.45) is 9.91. The van der Waals surface area contributed by atoms with Crippen molar-refractivity contribution >= 4 is 13.6 Å². The van der Waals surface area contributed by atoms with Crippen LogP contribution in [0, 0.1) is 35.5 Å². The fourth-order valence-electron chi connectivity index (χ4n) is 6.03. The molecule has 2 aliphatic rings. The Kier molecular flexibility index (Phi) is 10.1. The molecule has 7 atom stereocenters.